The van der Waals surface area contributed by atoms with Crippen molar-refractivity contribution in [2.24, 2.45) is 0 Å². The van der Waals surface area contributed by atoms with Crippen LogP contribution in [0.3, 0.4) is 0 Å². The summed E-state index contributed by atoms with van der Waals surface area (Å²) in [5.74, 6) is 0.633. The van der Waals surface area contributed by atoms with Crippen molar-refractivity contribution in [3.63, 3.8) is 0 Å². The highest BCUT2D eigenvalue weighted by Gasteiger charge is 2.28. The van der Waals surface area contributed by atoms with Crippen molar-refractivity contribution in [3.05, 3.63) is 53.3 Å². The van der Waals surface area contributed by atoms with Crippen LogP contribution in [0.1, 0.15) is 49.6 Å². The first-order valence-electron chi connectivity index (χ1n) is 7.87. The minimum Gasteiger partial charge on any atom is -0.306 e. The lowest BCUT2D eigenvalue weighted by Crippen LogP contribution is -2.29. The Morgan fingerprint density at radius 1 is 1.14 bits per heavy atom. The highest BCUT2D eigenvalue weighted by molar-refractivity contribution is 5.34. The summed E-state index contributed by atoms with van der Waals surface area (Å²) in [7, 11) is 2.20. The quantitative estimate of drug-likeness (QED) is 0.934. The summed E-state index contributed by atoms with van der Waals surface area (Å²) in [6.45, 7) is 6.86. The van der Waals surface area contributed by atoms with E-state index >= 15 is 0 Å². The molecule has 1 aliphatic rings. The lowest BCUT2D eigenvalue weighted by Gasteiger charge is -2.28. The molecule has 2 heterocycles. The number of hydrogen-bond acceptors (Lipinski definition) is 2. The van der Waals surface area contributed by atoms with E-state index in [0.717, 1.165) is 5.69 Å². The summed E-state index contributed by atoms with van der Waals surface area (Å²) < 4.78 is 0. The Morgan fingerprint density at radius 3 is 2.48 bits per heavy atom. The molecule has 21 heavy (non-hydrogen) atoms. The molecule has 1 N–H and O–H groups in total. The molecule has 1 aliphatic heterocycles. The van der Waals surface area contributed by atoms with Crippen LogP contribution >= 0.6 is 0 Å². The molecule has 1 aromatic heterocycles. The van der Waals surface area contributed by atoms with Gasteiger partial charge in [-0.25, -0.2) is 0 Å². The Balaban J connectivity index is 1.81. The fraction of sp³-hybridized carbons (Fsp3) is 0.500. The van der Waals surface area contributed by atoms with Crippen LogP contribution in [0.15, 0.2) is 36.4 Å². The molecule has 0 spiro atoms. The van der Waals surface area contributed by atoms with Crippen molar-refractivity contribution in [1.82, 2.24) is 15.1 Å². The van der Waals surface area contributed by atoms with Gasteiger partial charge in [0.15, 0.2) is 0 Å². The predicted octanol–water partition coefficient (Wildman–Crippen LogP) is 3.54. The second-order valence-corrected chi connectivity index (χ2v) is 6.78. The molecule has 112 valence electrons. The van der Waals surface area contributed by atoms with Crippen molar-refractivity contribution >= 4 is 0 Å². The maximum absolute atomic E-state index is 4.62. The number of aromatic amines is 1. The predicted molar refractivity (Wildman–Crippen MR) is 86.6 cm³/mol. The Morgan fingerprint density at radius 2 is 1.81 bits per heavy atom. The van der Waals surface area contributed by atoms with E-state index < -0.39 is 0 Å². The van der Waals surface area contributed by atoms with E-state index in [4.69, 9.17) is 0 Å². The Kier molecular flexibility index (Phi) is 3.85. The molecule has 1 saturated heterocycles. The van der Waals surface area contributed by atoms with Crippen molar-refractivity contribution in [3.8, 4) is 0 Å². The van der Waals surface area contributed by atoms with Gasteiger partial charge in [0.1, 0.15) is 0 Å². The number of nitrogens with zero attached hydrogens (tertiary/aromatic N) is 2. The molecule has 1 aromatic carbocycles. The third-order valence-electron chi connectivity index (χ3n) is 4.89. The second kappa shape index (κ2) is 5.64. The summed E-state index contributed by atoms with van der Waals surface area (Å²) in [4.78, 5) is 2.40. The molecule has 2 aromatic rings. The molecule has 3 nitrogen and oxygen atoms in total. The first-order chi connectivity index (χ1) is 10.1. The average Bonchev–Trinajstić information content (AvgIpc) is 2.99. The Bertz CT molecular complexity index is 578. The molecule has 3 rings (SSSR count). The first kappa shape index (κ1) is 14.3. The number of piperidine rings is 1. The van der Waals surface area contributed by atoms with E-state index in [2.05, 4.69) is 72.4 Å². The van der Waals surface area contributed by atoms with E-state index in [9.17, 15) is 0 Å². The number of benzene rings is 1. The number of hydrogen-bond donors (Lipinski definition) is 1. The summed E-state index contributed by atoms with van der Waals surface area (Å²) in [5, 5.41) is 7.92. The van der Waals surface area contributed by atoms with E-state index in [1.54, 1.807) is 0 Å². The van der Waals surface area contributed by atoms with Gasteiger partial charge in [-0.15, -0.1) is 0 Å². The smallest absolute Gasteiger partial charge is 0.0725 e. The molecule has 0 aliphatic carbocycles. The van der Waals surface area contributed by atoms with Gasteiger partial charge in [-0.1, -0.05) is 44.2 Å². The van der Waals surface area contributed by atoms with Crippen molar-refractivity contribution < 1.29 is 0 Å². The first-order valence-corrected chi connectivity index (χ1v) is 7.87. The molecule has 3 heteroatoms. The fourth-order valence-corrected chi connectivity index (χ4v) is 3.19. The molecular weight excluding hydrogens is 258 g/mol. The lowest BCUT2D eigenvalue weighted by atomic mass is 9.81. The highest BCUT2D eigenvalue weighted by atomic mass is 15.1. The Hall–Kier alpha value is -1.61. The van der Waals surface area contributed by atoms with Crippen molar-refractivity contribution in [2.75, 3.05) is 20.1 Å². The lowest BCUT2D eigenvalue weighted by molar-refractivity contribution is 0.253. The largest absolute Gasteiger partial charge is 0.306 e. The summed E-state index contributed by atoms with van der Waals surface area (Å²) in [5.41, 5.74) is 3.71. The second-order valence-electron chi connectivity index (χ2n) is 6.78. The third kappa shape index (κ3) is 2.88. The molecule has 0 saturated carbocycles. The van der Waals surface area contributed by atoms with Gasteiger partial charge in [0, 0.05) is 17.0 Å². The van der Waals surface area contributed by atoms with Gasteiger partial charge in [0.2, 0.25) is 0 Å². The summed E-state index contributed by atoms with van der Waals surface area (Å²) in [6.07, 6.45) is 2.45. The van der Waals surface area contributed by atoms with E-state index in [1.165, 1.54) is 37.2 Å². The van der Waals surface area contributed by atoms with Crippen LogP contribution in [-0.2, 0) is 5.41 Å². The van der Waals surface area contributed by atoms with Crippen molar-refractivity contribution in [2.45, 2.75) is 38.0 Å². The molecule has 0 radical (unpaired) electrons. The zero-order valence-electron chi connectivity index (χ0n) is 13.3. The van der Waals surface area contributed by atoms with Gasteiger partial charge in [-0.2, -0.15) is 5.10 Å². The average molecular weight is 283 g/mol. The van der Waals surface area contributed by atoms with Gasteiger partial charge in [-0.3, -0.25) is 5.10 Å². The number of likely N-dealkylation sites (tertiary alicyclic amines) is 1. The maximum atomic E-state index is 4.62. The van der Waals surface area contributed by atoms with Gasteiger partial charge < -0.3 is 4.90 Å². The molecule has 1 fully saturated rings. The van der Waals surface area contributed by atoms with Gasteiger partial charge in [0.05, 0.1) is 5.69 Å². The van der Waals surface area contributed by atoms with Crippen LogP contribution in [-0.4, -0.2) is 35.2 Å². The zero-order chi connectivity index (χ0) is 14.9. The van der Waals surface area contributed by atoms with E-state index in [-0.39, 0.29) is 5.41 Å². The SMILES string of the molecule is CN1CCC(c2cc(C(C)(C)c3ccccc3)n[nH]2)CC1. The van der Waals surface area contributed by atoms with Crippen LogP contribution in [0.4, 0.5) is 0 Å². The number of nitrogens with one attached hydrogen (secondary N) is 1. The molecule has 0 bridgehead atoms. The minimum absolute atomic E-state index is 0.0541. The normalized spacial score (nSPS) is 18.0. The zero-order valence-corrected chi connectivity index (χ0v) is 13.3. The summed E-state index contributed by atoms with van der Waals surface area (Å²) in [6, 6.07) is 12.9. The molecule has 0 amide bonds. The van der Waals surface area contributed by atoms with Crippen LogP contribution < -0.4 is 0 Å². The molecule has 0 unspecified atom stereocenters. The molecular formula is C18H25N3. The molecule has 0 atom stereocenters. The van der Waals surface area contributed by atoms with Crippen LogP contribution in [0.5, 0.6) is 0 Å². The fourth-order valence-electron chi connectivity index (χ4n) is 3.19. The van der Waals surface area contributed by atoms with Crippen molar-refractivity contribution in [1.29, 1.82) is 0 Å². The van der Waals surface area contributed by atoms with E-state index in [1.807, 2.05) is 0 Å². The standard InChI is InChI=1S/C18H25N3/c1-18(2,15-7-5-4-6-8-15)17-13-16(19-20-17)14-9-11-21(3)12-10-14/h4-8,13-14H,9-12H2,1-3H3,(H,19,20). The van der Waals surface area contributed by atoms with Gasteiger partial charge in [0.25, 0.3) is 0 Å². The number of H-pyrrole nitrogens is 1. The highest BCUT2D eigenvalue weighted by Crippen LogP contribution is 2.33. The maximum Gasteiger partial charge on any atom is 0.0725 e. The van der Waals surface area contributed by atoms with Crippen LogP contribution in [0, 0.1) is 0 Å². The van der Waals surface area contributed by atoms with Gasteiger partial charge >= 0.3 is 0 Å². The summed E-state index contributed by atoms with van der Waals surface area (Å²) >= 11 is 0. The monoisotopic (exact) mass is 283 g/mol. The van der Waals surface area contributed by atoms with Gasteiger partial charge in [-0.05, 0) is 44.6 Å². The number of rotatable bonds is 3. The number of aromatic nitrogens is 2. The third-order valence-corrected chi connectivity index (χ3v) is 4.89. The van der Waals surface area contributed by atoms with E-state index in [0.29, 0.717) is 5.92 Å². The van der Waals surface area contributed by atoms with Crippen LogP contribution in [0.25, 0.3) is 0 Å². The van der Waals surface area contributed by atoms with Crippen LogP contribution in [0.2, 0.25) is 0 Å². The topological polar surface area (TPSA) is 31.9 Å². The minimum atomic E-state index is -0.0541. The Labute approximate surface area is 127 Å².